The van der Waals surface area contributed by atoms with E-state index >= 15 is 0 Å². The third-order valence-corrected chi connectivity index (χ3v) is 2.82. The third-order valence-electron chi connectivity index (χ3n) is 2.82. The van der Waals surface area contributed by atoms with Gasteiger partial charge in [0, 0.05) is 26.2 Å². The van der Waals surface area contributed by atoms with Crippen molar-refractivity contribution in [2.45, 2.75) is 13.1 Å². The summed E-state index contributed by atoms with van der Waals surface area (Å²) < 4.78 is 0. The molecule has 4 heteroatoms. The van der Waals surface area contributed by atoms with Crippen molar-refractivity contribution < 1.29 is 24.8 Å². The van der Waals surface area contributed by atoms with Crippen LogP contribution in [0.15, 0.2) is 60.7 Å². The number of rotatable bonds is 7. The molecule has 0 radical (unpaired) electrons. The second-order valence-corrected chi connectivity index (χ2v) is 4.32. The zero-order valence-electron chi connectivity index (χ0n) is 11.4. The predicted molar refractivity (Wildman–Crippen MR) is 76.3 cm³/mol. The van der Waals surface area contributed by atoms with Gasteiger partial charge in [-0.15, -0.1) is 0 Å². The van der Waals surface area contributed by atoms with Gasteiger partial charge in [0.05, 0.1) is 0 Å². The van der Waals surface area contributed by atoms with E-state index in [0.717, 1.165) is 26.2 Å². The molecule has 0 amide bonds. The second kappa shape index (κ2) is 11.7. The van der Waals surface area contributed by atoms with Gasteiger partial charge in [-0.25, -0.2) is 0 Å². The van der Waals surface area contributed by atoms with Gasteiger partial charge in [-0.2, -0.15) is 0 Å². The van der Waals surface area contributed by atoms with E-state index in [9.17, 15) is 0 Å². The highest BCUT2D eigenvalue weighted by Crippen LogP contribution is 1.97. The van der Waals surface area contributed by atoms with Crippen LogP contribution in [0.5, 0.6) is 0 Å². The Balaban J connectivity index is 0.00000180. The summed E-state index contributed by atoms with van der Waals surface area (Å²) >= 11 is 0. The van der Waals surface area contributed by atoms with Gasteiger partial charge in [0.25, 0.3) is 0 Å². The maximum Gasteiger partial charge on any atom is 0.0206 e. The molecule has 0 aromatic heterocycles. The van der Waals surface area contributed by atoms with Crippen molar-refractivity contribution in [3.8, 4) is 0 Å². The molecule has 0 aliphatic carbocycles. The molecule has 0 heterocycles. The Morgan fingerprint density at radius 3 is 1.25 bits per heavy atom. The number of benzene rings is 2. The Labute approximate surface area is 133 Å². The summed E-state index contributed by atoms with van der Waals surface area (Å²) in [5, 5.41) is 6.85. The van der Waals surface area contributed by atoms with E-state index in [4.69, 9.17) is 0 Å². The molecule has 0 fully saturated rings. The van der Waals surface area contributed by atoms with E-state index in [1.54, 1.807) is 0 Å². The van der Waals surface area contributed by atoms with Crippen molar-refractivity contribution in [3.63, 3.8) is 0 Å². The monoisotopic (exact) mass is 310 g/mol. The zero-order valence-corrected chi connectivity index (χ0v) is 12.9. The van der Waals surface area contributed by atoms with Crippen molar-refractivity contribution in [2.24, 2.45) is 0 Å². The van der Waals surface area contributed by atoms with Crippen LogP contribution in [0.25, 0.3) is 0 Å². The zero-order chi connectivity index (χ0) is 12.5. The van der Waals surface area contributed by atoms with Gasteiger partial charge in [0.2, 0.25) is 0 Å². The Kier molecular flexibility index (Phi) is 11.1. The molecular formula is C16H20Cl2N2-2. The van der Waals surface area contributed by atoms with Crippen LogP contribution in [0.2, 0.25) is 0 Å². The first-order valence-electron chi connectivity index (χ1n) is 6.44. The van der Waals surface area contributed by atoms with E-state index in [0.29, 0.717) is 0 Å². The molecule has 0 atom stereocenters. The van der Waals surface area contributed by atoms with Crippen molar-refractivity contribution in [1.29, 1.82) is 0 Å². The van der Waals surface area contributed by atoms with Crippen LogP contribution in [-0.2, 0) is 13.1 Å². The average Bonchev–Trinajstić information content (AvgIpc) is 2.45. The Morgan fingerprint density at radius 2 is 0.900 bits per heavy atom. The Hall–Kier alpha value is -1.06. The van der Waals surface area contributed by atoms with Crippen molar-refractivity contribution in [3.05, 3.63) is 71.8 Å². The molecule has 2 aromatic rings. The normalized spacial score (nSPS) is 9.40. The molecule has 110 valence electrons. The van der Waals surface area contributed by atoms with Gasteiger partial charge in [0.1, 0.15) is 0 Å². The minimum absolute atomic E-state index is 0. The van der Waals surface area contributed by atoms with E-state index in [2.05, 4.69) is 59.2 Å². The van der Waals surface area contributed by atoms with E-state index in [-0.39, 0.29) is 24.8 Å². The highest BCUT2D eigenvalue weighted by atomic mass is 35.5. The molecule has 20 heavy (non-hydrogen) atoms. The fourth-order valence-electron chi connectivity index (χ4n) is 1.83. The third kappa shape index (κ3) is 7.51. The number of halogens is 2. The second-order valence-electron chi connectivity index (χ2n) is 4.32. The molecule has 0 saturated heterocycles. The smallest absolute Gasteiger partial charge is 0.0206 e. The minimum atomic E-state index is 0. The summed E-state index contributed by atoms with van der Waals surface area (Å²) in [6, 6.07) is 21.0. The molecule has 0 aliphatic heterocycles. The highest BCUT2D eigenvalue weighted by molar-refractivity contribution is 5.15. The molecule has 0 bridgehead atoms. The minimum Gasteiger partial charge on any atom is -1.00 e. The van der Waals surface area contributed by atoms with Gasteiger partial charge < -0.3 is 35.4 Å². The van der Waals surface area contributed by atoms with Crippen LogP contribution in [0.1, 0.15) is 11.1 Å². The molecule has 2 nitrogen and oxygen atoms in total. The van der Waals surface area contributed by atoms with Crippen LogP contribution < -0.4 is 35.4 Å². The topological polar surface area (TPSA) is 24.1 Å². The van der Waals surface area contributed by atoms with Crippen LogP contribution in [0.3, 0.4) is 0 Å². The Morgan fingerprint density at radius 1 is 0.550 bits per heavy atom. The first-order chi connectivity index (χ1) is 8.95. The maximum absolute atomic E-state index is 3.43. The SMILES string of the molecule is [Cl-].[Cl-].c1ccc(CNCCNCc2ccccc2)cc1. The first-order valence-corrected chi connectivity index (χ1v) is 6.44. The van der Waals surface area contributed by atoms with Gasteiger partial charge in [-0.3, -0.25) is 0 Å². The van der Waals surface area contributed by atoms with Crippen LogP contribution in [0, 0.1) is 0 Å². The van der Waals surface area contributed by atoms with Crippen LogP contribution >= 0.6 is 0 Å². The van der Waals surface area contributed by atoms with Crippen molar-refractivity contribution >= 4 is 0 Å². The standard InChI is InChI=1S/C16H20N2.2ClH/c1-3-7-15(8-4-1)13-17-11-12-18-14-16-9-5-2-6-10-16;;/h1-10,17-18H,11-14H2;2*1H/p-2. The van der Waals surface area contributed by atoms with Gasteiger partial charge >= 0.3 is 0 Å². The molecule has 0 spiro atoms. The quantitative estimate of drug-likeness (QED) is 0.521. The van der Waals surface area contributed by atoms with Crippen LogP contribution in [0.4, 0.5) is 0 Å². The Bertz CT molecular complexity index is 391. The molecular weight excluding hydrogens is 291 g/mol. The number of nitrogens with one attached hydrogen (secondary N) is 2. The lowest BCUT2D eigenvalue weighted by Gasteiger charge is -2.06. The lowest BCUT2D eigenvalue weighted by molar-refractivity contribution is -0.00100. The number of hydrogen-bond acceptors (Lipinski definition) is 2. The van der Waals surface area contributed by atoms with Crippen molar-refractivity contribution in [1.82, 2.24) is 10.6 Å². The average molecular weight is 311 g/mol. The molecule has 0 aliphatic rings. The lowest BCUT2D eigenvalue weighted by Crippen LogP contribution is -3.00. The summed E-state index contributed by atoms with van der Waals surface area (Å²) in [5.41, 5.74) is 2.67. The fourth-order valence-corrected chi connectivity index (χ4v) is 1.83. The predicted octanol–water partition coefficient (Wildman–Crippen LogP) is -3.43. The number of hydrogen-bond donors (Lipinski definition) is 2. The van der Waals surface area contributed by atoms with Gasteiger partial charge in [-0.1, -0.05) is 60.7 Å². The highest BCUT2D eigenvalue weighted by Gasteiger charge is 1.92. The van der Waals surface area contributed by atoms with Crippen LogP contribution in [-0.4, -0.2) is 13.1 Å². The van der Waals surface area contributed by atoms with Crippen molar-refractivity contribution in [2.75, 3.05) is 13.1 Å². The largest absolute Gasteiger partial charge is 1.00 e. The first kappa shape index (κ1) is 18.9. The lowest BCUT2D eigenvalue weighted by atomic mass is 10.2. The molecule has 0 saturated carbocycles. The summed E-state index contributed by atoms with van der Waals surface area (Å²) in [6.45, 7) is 3.85. The molecule has 2 rings (SSSR count). The van der Waals surface area contributed by atoms with Gasteiger partial charge in [0.15, 0.2) is 0 Å². The van der Waals surface area contributed by atoms with E-state index in [1.165, 1.54) is 11.1 Å². The van der Waals surface area contributed by atoms with E-state index in [1.807, 2.05) is 12.1 Å². The summed E-state index contributed by atoms with van der Waals surface area (Å²) in [7, 11) is 0. The van der Waals surface area contributed by atoms with Gasteiger partial charge in [-0.05, 0) is 11.1 Å². The molecule has 2 aromatic carbocycles. The summed E-state index contributed by atoms with van der Waals surface area (Å²) in [5.74, 6) is 0. The van der Waals surface area contributed by atoms with E-state index < -0.39 is 0 Å². The summed E-state index contributed by atoms with van der Waals surface area (Å²) in [6.07, 6.45) is 0. The fraction of sp³-hybridized carbons (Fsp3) is 0.250. The summed E-state index contributed by atoms with van der Waals surface area (Å²) in [4.78, 5) is 0. The maximum atomic E-state index is 3.43. The molecule has 2 N–H and O–H groups in total. The molecule has 0 unspecified atom stereocenters.